The van der Waals surface area contributed by atoms with Gasteiger partial charge < -0.3 is 16.4 Å². The van der Waals surface area contributed by atoms with Crippen LogP contribution in [-0.4, -0.2) is 23.8 Å². The van der Waals surface area contributed by atoms with Crippen LogP contribution in [0.2, 0.25) is 0 Å². The fraction of sp³-hybridized carbons (Fsp3) is 0.167. The highest BCUT2D eigenvalue weighted by atomic mass is 16.2. The standard InChI is InChI=1S/C18H19N3O3/c1-12(22)20-15-10-6-5-9-14(15)18(24)21-16(17(19)23)11-13-7-3-2-4-8-13/h2-10,16H,11H2,1H3,(H2,19,23)(H,20,22)(H,21,24)/t16-/m1/s1. The molecule has 0 aromatic heterocycles. The smallest absolute Gasteiger partial charge is 0.254 e. The molecule has 2 aromatic carbocycles. The van der Waals surface area contributed by atoms with Crippen LogP contribution in [-0.2, 0) is 16.0 Å². The van der Waals surface area contributed by atoms with E-state index in [4.69, 9.17) is 5.73 Å². The summed E-state index contributed by atoms with van der Waals surface area (Å²) < 4.78 is 0. The molecule has 0 saturated heterocycles. The van der Waals surface area contributed by atoms with E-state index in [1.165, 1.54) is 6.92 Å². The second-order valence-electron chi connectivity index (χ2n) is 5.34. The first-order chi connectivity index (χ1) is 11.5. The van der Waals surface area contributed by atoms with E-state index < -0.39 is 17.9 Å². The molecule has 1 atom stereocenters. The Morgan fingerprint density at radius 1 is 1.00 bits per heavy atom. The quantitative estimate of drug-likeness (QED) is 0.749. The molecule has 0 radical (unpaired) electrons. The van der Waals surface area contributed by atoms with Crippen molar-refractivity contribution < 1.29 is 14.4 Å². The maximum absolute atomic E-state index is 12.5. The average molecular weight is 325 g/mol. The molecule has 0 aliphatic rings. The zero-order valence-electron chi connectivity index (χ0n) is 13.3. The van der Waals surface area contributed by atoms with Gasteiger partial charge in [-0.05, 0) is 17.7 Å². The van der Waals surface area contributed by atoms with Crippen molar-refractivity contribution in [1.82, 2.24) is 5.32 Å². The lowest BCUT2D eigenvalue weighted by molar-refractivity contribution is -0.119. The third-order valence-electron chi connectivity index (χ3n) is 3.41. The molecule has 2 rings (SSSR count). The number of para-hydroxylation sites is 1. The van der Waals surface area contributed by atoms with Crippen LogP contribution < -0.4 is 16.4 Å². The summed E-state index contributed by atoms with van der Waals surface area (Å²) in [7, 11) is 0. The summed E-state index contributed by atoms with van der Waals surface area (Å²) >= 11 is 0. The molecule has 0 spiro atoms. The Hall–Kier alpha value is -3.15. The van der Waals surface area contributed by atoms with Crippen LogP contribution in [0.3, 0.4) is 0 Å². The van der Waals surface area contributed by atoms with E-state index in [2.05, 4.69) is 10.6 Å². The van der Waals surface area contributed by atoms with Crippen molar-refractivity contribution in [1.29, 1.82) is 0 Å². The molecule has 6 nitrogen and oxygen atoms in total. The van der Waals surface area contributed by atoms with Crippen LogP contribution in [0.4, 0.5) is 5.69 Å². The minimum absolute atomic E-state index is 0.270. The van der Waals surface area contributed by atoms with Gasteiger partial charge in [0.2, 0.25) is 11.8 Å². The van der Waals surface area contributed by atoms with Gasteiger partial charge in [0.05, 0.1) is 11.3 Å². The van der Waals surface area contributed by atoms with Crippen LogP contribution in [0, 0.1) is 0 Å². The molecule has 0 saturated carbocycles. The molecular weight excluding hydrogens is 306 g/mol. The predicted octanol–water partition coefficient (Wildman–Crippen LogP) is 1.47. The molecule has 0 aliphatic carbocycles. The van der Waals surface area contributed by atoms with Crippen LogP contribution in [0.5, 0.6) is 0 Å². The van der Waals surface area contributed by atoms with Gasteiger partial charge in [-0.2, -0.15) is 0 Å². The Morgan fingerprint density at radius 3 is 2.25 bits per heavy atom. The molecule has 0 fully saturated rings. The maximum atomic E-state index is 12.5. The Balaban J connectivity index is 2.17. The molecule has 0 unspecified atom stereocenters. The lowest BCUT2D eigenvalue weighted by atomic mass is 10.0. The van der Waals surface area contributed by atoms with Crippen molar-refractivity contribution in [3.05, 3.63) is 65.7 Å². The molecule has 0 bridgehead atoms. The van der Waals surface area contributed by atoms with Crippen molar-refractivity contribution in [3.63, 3.8) is 0 Å². The summed E-state index contributed by atoms with van der Waals surface area (Å²) in [4.78, 5) is 35.4. The summed E-state index contributed by atoms with van der Waals surface area (Å²) in [6.45, 7) is 1.36. The second-order valence-corrected chi connectivity index (χ2v) is 5.34. The minimum atomic E-state index is -0.842. The van der Waals surface area contributed by atoms with Crippen molar-refractivity contribution in [2.24, 2.45) is 5.73 Å². The zero-order chi connectivity index (χ0) is 17.5. The van der Waals surface area contributed by atoms with Crippen LogP contribution in [0.1, 0.15) is 22.8 Å². The number of rotatable bonds is 6. The van der Waals surface area contributed by atoms with Gasteiger partial charge in [-0.1, -0.05) is 42.5 Å². The van der Waals surface area contributed by atoms with E-state index in [0.717, 1.165) is 5.56 Å². The third-order valence-corrected chi connectivity index (χ3v) is 3.41. The van der Waals surface area contributed by atoms with Gasteiger partial charge >= 0.3 is 0 Å². The summed E-state index contributed by atoms with van der Waals surface area (Å²) in [5.74, 6) is -1.38. The fourth-order valence-electron chi connectivity index (χ4n) is 2.29. The Bertz CT molecular complexity index is 744. The topological polar surface area (TPSA) is 101 Å². The van der Waals surface area contributed by atoms with Gasteiger partial charge in [-0.25, -0.2) is 0 Å². The normalized spacial score (nSPS) is 11.4. The molecule has 6 heteroatoms. The minimum Gasteiger partial charge on any atom is -0.368 e. The van der Waals surface area contributed by atoms with Gasteiger partial charge in [-0.15, -0.1) is 0 Å². The Morgan fingerprint density at radius 2 is 1.62 bits per heavy atom. The number of hydrogen-bond donors (Lipinski definition) is 3. The molecule has 0 aliphatic heterocycles. The molecule has 24 heavy (non-hydrogen) atoms. The van der Waals surface area contributed by atoms with Crippen LogP contribution >= 0.6 is 0 Å². The third kappa shape index (κ3) is 4.67. The number of amides is 3. The van der Waals surface area contributed by atoms with Gasteiger partial charge in [0.1, 0.15) is 6.04 Å². The number of hydrogen-bond acceptors (Lipinski definition) is 3. The van der Waals surface area contributed by atoms with E-state index in [9.17, 15) is 14.4 Å². The number of nitrogens with two attached hydrogens (primary N) is 1. The molecule has 124 valence electrons. The SMILES string of the molecule is CC(=O)Nc1ccccc1C(=O)N[C@H](Cc1ccccc1)C(N)=O. The first-order valence-electron chi connectivity index (χ1n) is 7.48. The van der Waals surface area contributed by atoms with E-state index in [0.29, 0.717) is 12.1 Å². The number of primary amides is 1. The van der Waals surface area contributed by atoms with Gasteiger partial charge in [0.25, 0.3) is 5.91 Å². The van der Waals surface area contributed by atoms with Gasteiger partial charge in [0.15, 0.2) is 0 Å². The predicted molar refractivity (Wildman–Crippen MR) is 91.3 cm³/mol. The molecular formula is C18H19N3O3. The van der Waals surface area contributed by atoms with Crippen molar-refractivity contribution in [3.8, 4) is 0 Å². The van der Waals surface area contributed by atoms with E-state index >= 15 is 0 Å². The van der Waals surface area contributed by atoms with Gasteiger partial charge in [-0.3, -0.25) is 14.4 Å². The largest absolute Gasteiger partial charge is 0.368 e. The molecule has 0 heterocycles. The maximum Gasteiger partial charge on any atom is 0.254 e. The van der Waals surface area contributed by atoms with Crippen LogP contribution in [0.25, 0.3) is 0 Å². The first kappa shape index (κ1) is 17.2. The first-order valence-corrected chi connectivity index (χ1v) is 7.48. The number of benzene rings is 2. The number of carbonyl (C=O) groups is 3. The second kappa shape index (κ2) is 7.92. The summed E-state index contributed by atoms with van der Waals surface area (Å²) in [5.41, 5.74) is 6.94. The Kier molecular flexibility index (Phi) is 5.68. The van der Waals surface area contributed by atoms with E-state index in [-0.39, 0.29) is 11.5 Å². The van der Waals surface area contributed by atoms with Crippen molar-refractivity contribution in [2.45, 2.75) is 19.4 Å². The summed E-state index contributed by atoms with van der Waals surface area (Å²) in [5, 5.41) is 5.22. The van der Waals surface area contributed by atoms with Crippen molar-refractivity contribution >= 4 is 23.4 Å². The zero-order valence-corrected chi connectivity index (χ0v) is 13.3. The average Bonchev–Trinajstić information content (AvgIpc) is 2.55. The fourth-order valence-corrected chi connectivity index (χ4v) is 2.29. The number of nitrogens with one attached hydrogen (secondary N) is 2. The lowest BCUT2D eigenvalue weighted by Gasteiger charge is -2.17. The van der Waals surface area contributed by atoms with Gasteiger partial charge in [0, 0.05) is 13.3 Å². The summed E-state index contributed by atoms with van der Waals surface area (Å²) in [6, 6.07) is 15.0. The highest BCUT2D eigenvalue weighted by molar-refractivity contribution is 6.04. The highest BCUT2D eigenvalue weighted by Gasteiger charge is 2.21. The monoisotopic (exact) mass is 325 g/mol. The molecule has 3 amide bonds. The molecule has 2 aromatic rings. The Labute approximate surface area is 140 Å². The van der Waals surface area contributed by atoms with E-state index in [1.807, 2.05) is 30.3 Å². The lowest BCUT2D eigenvalue weighted by Crippen LogP contribution is -2.46. The number of anilines is 1. The number of carbonyl (C=O) groups excluding carboxylic acids is 3. The van der Waals surface area contributed by atoms with Crippen LogP contribution in [0.15, 0.2) is 54.6 Å². The van der Waals surface area contributed by atoms with Crippen molar-refractivity contribution in [2.75, 3.05) is 5.32 Å². The van der Waals surface area contributed by atoms with E-state index in [1.54, 1.807) is 24.3 Å². The summed E-state index contributed by atoms with van der Waals surface area (Å²) in [6.07, 6.45) is 0.296. The molecule has 4 N–H and O–H groups in total. The highest BCUT2D eigenvalue weighted by Crippen LogP contribution is 2.15.